The number of halogens is 2. The highest BCUT2D eigenvalue weighted by molar-refractivity contribution is 5.79. The lowest BCUT2D eigenvalue weighted by atomic mass is 9.84. The molecule has 0 aliphatic heterocycles. The fourth-order valence-corrected chi connectivity index (χ4v) is 4.53. The first kappa shape index (κ1) is 13.3. The summed E-state index contributed by atoms with van der Waals surface area (Å²) in [5, 5.41) is 3.01. The SMILES string of the molecule is C[C@H](NC(=O)[C@@H]1CCC(F)(F)C1)[C@@H]1C[C@H]2CC[C@H]1C2. The molecule has 0 aromatic heterocycles. The molecule has 0 aromatic carbocycles. The normalized spacial score (nSPS) is 41.4. The van der Waals surface area contributed by atoms with Crippen LogP contribution in [-0.4, -0.2) is 17.9 Å². The van der Waals surface area contributed by atoms with Gasteiger partial charge in [0.05, 0.1) is 0 Å². The molecule has 4 heteroatoms. The van der Waals surface area contributed by atoms with Gasteiger partial charge in [-0.05, 0) is 50.4 Å². The van der Waals surface area contributed by atoms with Crippen molar-refractivity contribution >= 4 is 5.91 Å². The van der Waals surface area contributed by atoms with Gasteiger partial charge in [-0.25, -0.2) is 8.78 Å². The summed E-state index contributed by atoms with van der Waals surface area (Å²) in [4.78, 5) is 12.1. The maximum Gasteiger partial charge on any atom is 0.248 e. The first-order valence-electron chi connectivity index (χ1n) is 7.63. The Labute approximate surface area is 113 Å². The van der Waals surface area contributed by atoms with Crippen molar-refractivity contribution in [2.24, 2.45) is 23.7 Å². The van der Waals surface area contributed by atoms with Gasteiger partial charge < -0.3 is 5.32 Å². The predicted octanol–water partition coefficient (Wildman–Crippen LogP) is 3.36. The van der Waals surface area contributed by atoms with Crippen LogP contribution in [0.3, 0.4) is 0 Å². The number of carbonyl (C=O) groups excluding carboxylic acids is 1. The Bertz CT molecular complexity index is 371. The van der Waals surface area contributed by atoms with E-state index in [4.69, 9.17) is 0 Å². The van der Waals surface area contributed by atoms with Gasteiger partial charge in [-0.1, -0.05) is 6.42 Å². The molecule has 3 fully saturated rings. The molecule has 0 heterocycles. The van der Waals surface area contributed by atoms with Crippen molar-refractivity contribution in [3.8, 4) is 0 Å². The first-order valence-corrected chi connectivity index (χ1v) is 7.63. The third-order valence-electron chi connectivity index (χ3n) is 5.58. The maximum absolute atomic E-state index is 13.1. The zero-order valence-corrected chi connectivity index (χ0v) is 11.5. The van der Waals surface area contributed by atoms with E-state index < -0.39 is 11.8 Å². The van der Waals surface area contributed by atoms with Gasteiger partial charge in [0.25, 0.3) is 0 Å². The second-order valence-electron chi connectivity index (χ2n) is 6.93. The van der Waals surface area contributed by atoms with Crippen molar-refractivity contribution in [2.75, 3.05) is 0 Å². The van der Waals surface area contributed by atoms with Crippen LogP contribution in [-0.2, 0) is 4.79 Å². The molecule has 0 saturated heterocycles. The Balaban J connectivity index is 1.52. The Morgan fingerprint density at radius 2 is 2.05 bits per heavy atom. The molecule has 0 spiro atoms. The van der Waals surface area contributed by atoms with Crippen molar-refractivity contribution in [1.29, 1.82) is 0 Å². The van der Waals surface area contributed by atoms with Gasteiger partial charge in [0.2, 0.25) is 11.8 Å². The quantitative estimate of drug-likeness (QED) is 0.838. The van der Waals surface area contributed by atoms with E-state index in [1.165, 1.54) is 25.7 Å². The van der Waals surface area contributed by atoms with Crippen molar-refractivity contribution in [3.05, 3.63) is 0 Å². The number of hydrogen-bond donors (Lipinski definition) is 1. The van der Waals surface area contributed by atoms with E-state index in [1.807, 2.05) is 0 Å². The average molecular weight is 271 g/mol. The van der Waals surface area contributed by atoms with E-state index in [-0.39, 0.29) is 24.8 Å². The lowest BCUT2D eigenvalue weighted by Gasteiger charge is -2.29. The summed E-state index contributed by atoms with van der Waals surface area (Å²) in [6.07, 6.45) is 5.10. The largest absolute Gasteiger partial charge is 0.353 e. The predicted molar refractivity (Wildman–Crippen MR) is 68.8 cm³/mol. The van der Waals surface area contributed by atoms with Crippen LogP contribution >= 0.6 is 0 Å². The lowest BCUT2D eigenvalue weighted by Crippen LogP contribution is -2.42. The molecule has 2 bridgehead atoms. The molecule has 3 aliphatic carbocycles. The van der Waals surface area contributed by atoms with Crippen LogP contribution in [0.15, 0.2) is 0 Å². The standard InChI is InChI=1S/C15H23F2NO/c1-9(13-7-10-2-3-11(13)6-10)18-14(19)12-4-5-15(16,17)8-12/h9-13H,2-8H2,1H3,(H,18,19)/t9-,10-,11-,12+,13-/m0/s1. The average Bonchev–Trinajstić information content (AvgIpc) is 3.02. The van der Waals surface area contributed by atoms with Crippen LogP contribution in [0.5, 0.6) is 0 Å². The minimum Gasteiger partial charge on any atom is -0.353 e. The molecule has 1 N–H and O–H groups in total. The van der Waals surface area contributed by atoms with Crippen LogP contribution in [0, 0.1) is 23.7 Å². The first-order chi connectivity index (χ1) is 8.94. The second kappa shape index (κ2) is 4.71. The number of nitrogens with one attached hydrogen (secondary N) is 1. The maximum atomic E-state index is 13.1. The van der Waals surface area contributed by atoms with E-state index in [2.05, 4.69) is 12.2 Å². The van der Waals surface area contributed by atoms with Crippen LogP contribution in [0.2, 0.25) is 0 Å². The Hall–Kier alpha value is -0.670. The fourth-order valence-electron chi connectivity index (χ4n) is 4.53. The molecule has 3 saturated carbocycles. The van der Waals surface area contributed by atoms with Gasteiger partial charge in [-0.15, -0.1) is 0 Å². The van der Waals surface area contributed by atoms with Crippen molar-refractivity contribution in [2.45, 2.75) is 63.8 Å². The van der Waals surface area contributed by atoms with Crippen LogP contribution in [0.1, 0.15) is 51.9 Å². The summed E-state index contributed by atoms with van der Waals surface area (Å²) < 4.78 is 26.3. The third kappa shape index (κ3) is 2.63. The Kier molecular flexibility index (Phi) is 3.30. The molecule has 19 heavy (non-hydrogen) atoms. The van der Waals surface area contributed by atoms with E-state index >= 15 is 0 Å². The van der Waals surface area contributed by atoms with Gasteiger partial charge in [0.15, 0.2) is 0 Å². The Morgan fingerprint density at radius 1 is 1.26 bits per heavy atom. The molecule has 0 unspecified atom stereocenters. The molecular formula is C15H23F2NO. The topological polar surface area (TPSA) is 29.1 Å². The smallest absolute Gasteiger partial charge is 0.248 e. The van der Waals surface area contributed by atoms with E-state index in [1.54, 1.807) is 0 Å². The molecule has 2 nitrogen and oxygen atoms in total. The molecule has 108 valence electrons. The zero-order chi connectivity index (χ0) is 13.6. The summed E-state index contributed by atoms with van der Waals surface area (Å²) in [5.41, 5.74) is 0. The third-order valence-corrected chi connectivity index (χ3v) is 5.58. The number of fused-ring (bicyclic) bond motifs is 2. The molecule has 0 radical (unpaired) electrons. The van der Waals surface area contributed by atoms with Gasteiger partial charge in [-0.2, -0.15) is 0 Å². The van der Waals surface area contributed by atoms with E-state index in [0.29, 0.717) is 12.3 Å². The lowest BCUT2D eigenvalue weighted by molar-refractivity contribution is -0.126. The van der Waals surface area contributed by atoms with E-state index in [9.17, 15) is 13.6 Å². The number of amides is 1. The van der Waals surface area contributed by atoms with Gasteiger partial charge >= 0.3 is 0 Å². The second-order valence-corrected chi connectivity index (χ2v) is 6.93. The van der Waals surface area contributed by atoms with Gasteiger partial charge in [0, 0.05) is 24.8 Å². The summed E-state index contributed by atoms with van der Waals surface area (Å²) in [6, 6.07) is 0.150. The number of hydrogen-bond acceptors (Lipinski definition) is 1. The molecule has 5 atom stereocenters. The minimum atomic E-state index is -2.63. The fraction of sp³-hybridized carbons (Fsp3) is 0.933. The highest BCUT2D eigenvalue weighted by Crippen LogP contribution is 2.49. The van der Waals surface area contributed by atoms with Crippen LogP contribution < -0.4 is 5.32 Å². The Morgan fingerprint density at radius 3 is 2.58 bits per heavy atom. The minimum absolute atomic E-state index is 0.131. The summed E-state index contributed by atoms with van der Waals surface area (Å²) in [6.45, 7) is 2.05. The monoisotopic (exact) mass is 271 g/mol. The van der Waals surface area contributed by atoms with Crippen molar-refractivity contribution in [1.82, 2.24) is 5.32 Å². The summed E-state index contributed by atoms with van der Waals surface area (Å²) >= 11 is 0. The van der Waals surface area contributed by atoms with E-state index in [0.717, 1.165) is 11.8 Å². The number of carbonyl (C=O) groups is 1. The number of alkyl halides is 2. The molecule has 0 aromatic rings. The molecule has 3 aliphatic rings. The summed E-state index contributed by atoms with van der Waals surface area (Å²) in [7, 11) is 0. The van der Waals surface area contributed by atoms with Gasteiger partial charge in [0.1, 0.15) is 0 Å². The zero-order valence-electron chi connectivity index (χ0n) is 11.5. The number of rotatable bonds is 3. The highest BCUT2D eigenvalue weighted by Gasteiger charge is 2.45. The summed E-state index contributed by atoms with van der Waals surface area (Å²) in [5.74, 6) is -1.07. The van der Waals surface area contributed by atoms with Crippen molar-refractivity contribution < 1.29 is 13.6 Å². The molecular weight excluding hydrogens is 248 g/mol. The highest BCUT2D eigenvalue weighted by atomic mass is 19.3. The van der Waals surface area contributed by atoms with Crippen molar-refractivity contribution in [3.63, 3.8) is 0 Å². The molecule has 1 amide bonds. The molecule has 3 rings (SSSR count). The van der Waals surface area contributed by atoms with Crippen LogP contribution in [0.4, 0.5) is 8.78 Å². The van der Waals surface area contributed by atoms with Gasteiger partial charge in [-0.3, -0.25) is 4.79 Å². The van der Waals surface area contributed by atoms with Crippen LogP contribution in [0.25, 0.3) is 0 Å².